The molecule has 3 N–H and O–H groups in total. The second kappa shape index (κ2) is 5.14. The molecule has 0 aliphatic rings. The van der Waals surface area contributed by atoms with Crippen molar-refractivity contribution < 1.29 is 19.0 Å². The molecule has 2 rings (SSSR count). The van der Waals surface area contributed by atoms with Crippen LogP contribution < -0.4 is 5.32 Å². The normalized spacial score (nSPS) is 12.2. The van der Waals surface area contributed by atoms with Crippen LogP contribution >= 0.6 is 0 Å². The molecule has 0 saturated heterocycles. The van der Waals surface area contributed by atoms with Crippen molar-refractivity contribution in [2.75, 3.05) is 5.32 Å². The number of phenolic OH excluding ortho intramolecular Hbond substituents is 2. The van der Waals surface area contributed by atoms with Gasteiger partial charge in [0.1, 0.15) is 11.5 Å². The van der Waals surface area contributed by atoms with E-state index in [4.69, 9.17) is 0 Å². The minimum atomic E-state index is -0.938. The van der Waals surface area contributed by atoms with Crippen molar-refractivity contribution in [2.45, 2.75) is 13.0 Å². The topological polar surface area (TPSA) is 52.5 Å². The quantitative estimate of drug-likeness (QED) is 0.795. The number of hydrogen-bond acceptors (Lipinski definition) is 3. The molecule has 0 saturated carbocycles. The molecule has 1 atom stereocenters. The van der Waals surface area contributed by atoms with E-state index < -0.39 is 11.6 Å². The Labute approximate surface area is 109 Å². The van der Waals surface area contributed by atoms with Crippen molar-refractivity contribution >= 4 is 5.69 Å². The lowest BCUT2D eigenvalue weighted by atomic mass is 10.1. The molecule has 1 unspecified atom stereocenters. The minimum Gasteiger partial charge on any atom is -0.508 e. The first kappa shape index (κ1) is 13.1. The predicted molar refractivity (Wildman–Crippen MR) is 68.2 cm³/mol. The molecule has 0 aromatic heterocycles. The van der Waals surface area contributed by atoms with Crippen LogP contribution in [-0.4, -0.2) is 10.2 Å². The molecule has 19 heavy (non-hydrogen) atoms. The van der Waals surface area contributed by atoms with E-state index in [0.29, 0.717) is 11.3 Å². The molecule has 0 radical (unpaired) electrons. The van der Waals surface area contributed by atoms with E-state index in [1.165, 1.54) is 18.2 Å². The second-order valence-corrected chi connectivity index (χ2v) is 4.24. The van der Waals surface area contributed by atoms with Gasteiger partial charge in [-0.1, -0.05) is 0 Å². The van der Waals surface area contributed by atoms with Crippen LogP contribution in [0.4, 0.5) is 14.5 Å². The van der Waals surface area contributed by atoms with E-state index >= 15 is 0 Å². The average Bonchev–Trinajstić information content (AvgIpc) is 2.33. The van der Waals surface area contributed by atoms with E-state index in [0.717, 1.165) is 12.1 Å². The van der Waals surface area contributed by atoms with Crippen molar-refractivity contribution in [3.63, 3.8) is 0 Å². The smallest absolute Gasteiger partial charge is 0.160 e. The molecule has 0 heterocycles. The molecule has 100 valence electrons. The molecule has 0 fully saturated rings. The van der Waals surface area contributed by atoms with Gasteiger partial charge in [-0.2, -0.15) is 0 Å². The summed E-state index contributed by atoms with van der Waals surface area (Å²) in [6, 6.07) is 7.38. The fraction of sp³-hybridized carbons (Fsp3) is 0.143. The number of nitrogens with one attached hydrogen (secondary N) is 1. The highest BCUT2D eigenvalue weighted by molar-refractivity contribution is 5.49. The standard InChI is InChI=1S/C14H13F2NO2/c1-8(11-4-3-10(18)7-14(11)19)17-9-2-5-12(15)13(16)6-9/h2-8,17-19H,1H3. The number of phenols is 2. The molecule has 2 aromatic rings. The summed E-state index contributed by atoms with van der Waals surface area (Å²) in [6.07, 6.45) is 0. The summed E-state index contributed by atoms with van der Waals surface area (Å²) in [5.74, 6) is -1.96. The Kier molecular flexibility index (Phi) is 3.55. The maximum absolute atomic E-state index is 13.1. The Balaban J connectivity index is 2.20. The lowest BCUT2D eigenvalue weighted by Crippen LogP contribution is -2.07. The zero-order chi connectivity index (χ0) is 14.0. The van der Waals surface area contributed by atoms with Crippen LogP contribution in [0.15, 0.2) is 36.4 Å². The Hall–Kier alpha value is -2.30. The van der Waals surface area contributed by atoms with Crippen LogP contribution in [0, 0.1) is 11.6 Å². The van der Waals surface area contributed by atoms with Gasteiger partial charge in [0.2, 0.25) is 0 Å². The van der Waals surface area contributed by atoms with Crippen LogP contribution in [0.3, 0.4) is 0 Å². The fourth-order valence-corrected chi connectivity index (χ4v) is 1.81. The predicted octanol–water partition coefficient (Wildman–Crippen LogP) is 3.55. The van der Waals surface area contributed by atoms with Gasteiger partial charge >= 0.3 is 0 Å². The maximum atomic E-state index is 13.1. The van der Waals surface area contributed by atoms with E-state index in [9.17, 15) is 19.0 Å². The van der Waals surface area contributed by atoms with Crippen LogP contribution in [0.1, 0.15) is 18.5 Å². The van der Waals surface area contributed by atoms with Gasteiger partial charge in [-0.15, -0.1) is 0 Å². The van der Waals surface area contributed by atoms with E-state index in [2.05, 4.69) is 5.32 Å². The lowest BCUT2D eigenvalue weighted by Gasteiger charge is -2.17. The minimum absolute atomic E-state index is 0.0405. The zero-order valence-electron chi connectivity index (χ0n) is 10.2. The third-order valence-electron chi connectivity index (χ3n) is 2.78. The lowest BCUT2D eigenvalue weighted by molar-refractivity contribution is 0.444. The van der Waals surface area contributed by atoms with Gasteiger partial charge in [0.05, 0.1) is 6.04 Å². The number of benzene rings is 2. The molecule has 0 aliphatic carbocycles. The summed E-state index contributed by atoms with van der Waals surface area (Å²) in [7, 11) is 0. The molecule has 0 aliphatic heterocycles. The van der Waals surface area contributed by atoms with Gasteiger partial charge < -0.3 is 15.5 Å². The van der Waals surface area contributed by atoms with Gasteiger partial charge in [-0.05, 0) is 31.2 Å². The highest BCUT2D eigenvalue weighted by Gasteiger charge is 2.12. The van der Waals surface area contributed by atoms with E-state index in [1.807, 2.05) is 0 Å². The third-order valence-corrected chi connectivity index (χ3v) is 2.78. The van der Waals surface area contributed by atoms with E-state index in [1.54, 1.807) is 13.0 Å². The van der Waals surface area contributed by atoms with Crippen molar-refractivity contribution in [3.8, 4) is 11.5 Å². The zero-order valence-corrected chi connectivity index (χ0v) is 10.2. The number of aromatic hydroxyl groups is 2. The summed E-state index contributed by atoms with van der Waals surface area (Å²) in [5.41, 5.74) is 0.946. The SMILES string of the molecule is CC(Nc1ccc(F)c(F)c1)c1ccc(O)cc1O. The second-order valence-electron chi connectivity index (χ2n) is 4.24. The number of rotatable bonds is 3. The van der Waals surface area contributed by atoms with Gasteiger partial charge in [0.15, 0.2) is 11.6 Å². The van der Waals surface area contributed by atoms with Crippen molar-refractivity contribution in [1.29, 1.82) is 0 Å². The number of anilines is 1. The fourth-order valence-electron chi connectivity index (χ4n) is 1.81. The van der Waals surface area contributed by atoms with Crippen molar-refractivity contribution in [2.24, 2.45) is 0 Å². The summed E-state index contributed by atoms with van der Waals surface area (Å²) in [5, 5.41) is 21.8. The summed E-state index contributed by atoms with van der Waals surface area (Å²) in [6.45, 7) is 1.76. The first-order chi connectivity index (χ1) is 8.97. The molecule has 5 heteroatoms. The summed E-state index contributed by atoms with van der Waals surface area (Å²) in [4.78, 5) is 0. The molecule has 0 amide bonds. The van der Waals surface area contributed by atoms with Gasteiger partial charge in [0, 0.05) is 23.4 Å². The molecule has 3 nitrogen and oxygen atoms in total. The van der Waals surface area contributed by atoms with Crippen LogP contribution in [0.5, 0.6) is 11.5 Å². The van der Waals surface area contributed by atoms with Gasteiger partial charge in [-0.25, -0.2) is 8.78 Å². The van der Waals surface area contributed by atoms with Gasteiger partial charge in [0.25, 0.3) is 0 Å². The maximum Gasteiger partial charge on any atom is 0.160 e. The first-order valence-electron chi connectivity index (χ1n) is 5.71. The molecule has 0 spiro atoms. The van der Waals surface area contributed by atoms with Crippen LogP contribution in [-0.2, 0) is 0 Å². The summed E-state index contributed by atoms with van der Waals surface area (Å²) >= 11 is 0. The largest absolute Gasteiger partial charge is 0.508 e. The highest BCUT2D eigenvalue weighted by atomic mass is 19.2. The Morgan fingerprint density at radius 1 is 1.00 bits per heavy atom. The third kappa shape index (κ3) is 2.93. The van der Waals surface area contributed by atoms with Crippen molar-refractivity contribution in [3.05, 3.63) is 53.6 Å². The van der Waals surface area contributed by atoms with Gasteiger partial charge in [-0.3, -0.25) is 0 Å². The number of halogens is 2. The van der Waals surface area contributed by atoms with E-state index in [-0.39, 0.29) is 17.5 Å². The summed E-state index contributed by atoms with van der Waals surface area (Å²) < 4.78 is 25.9. The molecule has 0 bridgehead atoms. The van der Waals surface area contributed by atoms with Crippen molar-refractivity contribution in [1.82, 2.24) is 0 Å². The Morgan fingerprint density at radius 2 is 1.74 bits per heavy atom. The molecule has 2 aromatic carbocycles. The van der Waals surface area contributed by atoms with Crippen LogP contribution in [0.2, 0.25) is 0 Å². The number of hydrogen-bond donors (Lipinski definition) is 3. The Bertz CT molecular complexity index is 602. The highest BCUT2D eigenvalue weighted by Crippen LogP contribution is 2.30. The monoisotopic (exact) mass is 265 g/mol. The molecular formula is C14H13F2NO2. The van der Waals surface area contributed by atoms with Crippen LogP contribution in [0.25, 0.3) is 0 Å². The average molecular weight is 265 g/mol. The molecular weight excluding hydrogens is 252 g/mol. The Morgan fingerprint density at radius 3 is 2.37 bits per heavy atom. The first-order valence-corrected chi connectivity index (χ1v) is 5.71.